The van der Waals surface area contributed by atoms with Crippen molar-refractivity contribution < 1.29 is 18.8 Å². The summed E-state index contributed by atoms with van der Waals surface area (Å²) < 4.78 is 13.7. The van der Waals surface area contributed by atoms with Gasteiger partial charge in [-0.1, -0.05) is 40.2 Å². The lowest BCUT2D eigenvalue weighted by molar-refractivity contribution is -0.134. The molecule has 2 aromatic rings. The van der Waals surface area contributed by atoms with E-state index in [0.29, 0.717) is 11.1 Å². The van der Waals surface area contributed by atoms with Gasteiger partial charge in [0, 0.05) is 11.0 Å². The Labute approximate surface area is 163 Å². The Bertz CT molecular complexity index is 903. The number of nitrogens with one attached hydrogen (secondary N) is 2. The molecule has 0 bridgehead atoms. The molecule has 2 aromatic carbocycles. The van der Waals surface area contributed by atoms with Crippen LogP contribution in [0.1, 0.15) is 18.1 Å². The van der Waals surface area contributed by atoms with Crippen LogP contribution in [0.2, 0.25) is 0 Å². The van der Waals surface area contributed by atoms with Crippen LogP contribution in [0.5, 0.6) is 0 Å². The van der Waals surface area contributed by atoms with Gasteiger partial charge >= 0.3 is 6.03 Å². The highest BCUT2D eigenvalue weighted by Gasteiger charge is 2.49. The lowest BCUT2D eigenvalue weighted by Gasteiger charge is -2.22. The maximum atomic E-state index is 12.9. The highest BCUT2D eigenvalue weighted by Crippen LogP contribution is 2.30. The molecule has 3 rings (SSSR count). The molecule has 2 N–H and O–H groups in total. The van der Waals surface area contributed by atoms with E-state index in [1.807, 2.05) is 6.07 Å². The molecule has 0 aliphatic carbocycles. The van der Waals surface area contributed by atoms with Gasteiger partial charge in [-0.3, -0.25) is 14.5 Å². The summed E-state index contributed by atoms with van der Waals surface area (Å²) >= 11 is 3.35. The van der Waals surface area contributed by atoms with Crippen molar-refractivity contribution in [2.75, 3.05) is 6.54 Å². The molecule has 0 saturated carbocycles. The normalized spacial score (nSPS) is 19.1. The van der Waals surface area contributed by atoms with E-state index in [0.717, 1.165) is 9.37 Å². The molecule has 1 atom stereocenters. The van der Waals surface area contributed by atoms with E-state index in [4.69, 9.17) is 0 Å². The first-order valence-electron chi connectivity index (χ1n) is 8.21. The van der Waals surface area contributed by atoms with Crippen LogP contribution >= 0.6 is 15.9 Å². The summed E-state index contributed by atoms with van der Waals surface area (Å²) in [6.07, 6.45) is 0. The lowest BCUT2D eigenvalue weighted by atomic mass is 9.92. The molecule has 1 aliphatic heterocycles. The Balaban J connectivity index is 1.66. The van der Waals surface area contributed by atoms with E-state index in [-0.39, 0.29) is 12.4 Å². The van der Waals surface area contributed by atoms with Crippen molar-refractivity contribution in [2.24, 2.45) is 0 Å². The van der Waals surface area contributed by atoms with Gasteiger partial charge in [-0.05, 0) is 42.3 Å². The zero-order valence-corrected chi connectivity index (χ0v) is 16.0. The number of benzene rings is 2. The van der Waals surface area contributed by atoms with Crippen molar-refractivity contribution in [3.05, 3.63) is 69.9 Å². The average molecular weight is 434 g/mol. The van der Waals surface area contributed by atoms with Crippen LogP contribution in [-0.4, -0.2) is 29.3 Å². The zero-order chi connectivity index (χ0) is 19.6. The molecule has 6 nitrogen and oxygen atoms in total. The molecule has 140 valence electrons. The standard InChI is InChI=1S/C19H17BrFN3O3/c1-19(13-3-2-4-14(20)9-13)17(26)24(18(27)23-19)11-16(25)22-10-12-5-7-15(21)8-6-12/h2-9H,10-11H2,1H3,(H,22,25)(H,23,27)/t19-/m0/s1. The van der Waals surface area contributed by atoms with Gasteiger partial charge in [0.25, 0.3) is 5.91 Å². The predicted octanol–water partition coefficient (Wildman–Crippen LogP) is 2.67. The summed E-state index contributed by atoms with van der Waals surface area (Å²) in [5, 5.41) is 5.27. The first kappa shape index (κ1) is 19.0. The number of urea groups is 1. The third-order valence-electron chi connectivity index (χ3n) is 4.38. The third-order valence-corrected chi connectivity index (χ3v) is 4.87. The largest absolute Gasteiger partial charge is 0.350 e. The van der Waals surface area contributed by atoms with Gasteiger partial charge in [-0.2, -0.15) is 0 Å². The first-order valence-corrected chi connectivity index (χ1v) is 9.00. The van der Waals surface area contributed by atoms with Crippen LogP contribution in [0.4, 0.5) is 9.18 Å². The second-order valence-electron chi connectivity index (χ2n) is 6.36. The van der Waals surface area contributed by atoms with Crippen LogP contribution in [0.25, 0.3) is 0 Å². The number of carbonyl (C=O) groups excluding carboxylic acids is 3. The Morgan fingerprint density at radius 2 is 1.93 bits per heavy atom. The second-order valence-corrected chi connectivity index (χ2v) is 7.28. The lowest BCUT2D eigenvalue weighted by Crippen LogP contribution is -2.43. The fourth-order valence-electron chi connectivity index (χ4n) is 2.84. The summed E-state index contributed by atoms with van der Waals surface area (Å²) in [4.78, 5) is 38.1. The molecular weight excluding hydrogens is 417 g/mol. The van der Waals surface area contributed by atoms with Gasteiger partial charge in [0.1, 0.15) is 17.9 Å². The molecule has 1 fully saturated rings. The molecule has 0 unspecified atom stereocenters. The van der Waals surface area contributed by atoms with Crippen LogP contribution < -0.4 is 10.6 Å². The fourth-order valence-corrected chi connectivity index (χ4v) is 3.24. The molecule has 1 saturated heterocycles. The van der Waals surface area contributed by atoms with Gasteiger partial charge in [0.05, 0.1) is 0 Å². The number of amides is 4. The monoisotopic (exact) mass is 433 g/mol. The van der Waals surface area contributed by atoms with Crippen molar-refractivity contribution in [2.45, 2.75) is 19.0 Å². The van der Waals surface area contributed by atoms with Crippen LogP contribution in [-0.2, 0) is 21.7 Å². The molecule has 4 amide bonds. The smallest absolute Gasteiger partial charge is 0.325 e. The van der Waals surface area contributed by atoms with Crippen molar-refractivity contribution in [1.82, 2.24) is 15.5 Å². The van der Waals surface area contributed by atoms with Crippen LogP contribution in [0.3, 0.4) is 0 Å². The number of imide groups is 1. The van der Waals surface area contributed by atoms with E-state index < -0.39 is 29.9 Å². The van der Waals surface area contributed by atoms with E-state index >= 15 is 0 Å². The summed E-state index contributed by atoms with van der Waals surface area (Å²) in [6.45, 7) is 1.38. The minimum absolute atomic E-state index is 0.172. The molecular formula is C19H17BrFN3O3. The average Bonchev–Trinajstić information content (AvgIpc) is 2.85. The maximum absolute atomic E-state index is 12.9. The van der Waals surface area contributed by atoms with Crippen molar-refractivity contribution in [1.29, 1.82) is 0 Å². The zero-order valence-electron chi connectivity index (χ0n) is 14.5. The van der Waals surface area contributed by atoms with E-state index in [9.17, 15) is 18.8 Å². The summed E-state index contributed by atoms with van der Waals surface area (Å²) in [5.41, 5.74) is 0.0864. The van der Waals surface area contributed by atoms with Crippen molar-refractivity contribution in [3.63, 3.8) is 0 Å². The molecule has 0 spiro atoms. The number of rotatable bonds is 5. The summed E-state index contributed by atoms with van der Waals surface area (Å²) in [6, 6.07) is 12.1. The fraction of sp³-hybridized carbons (Fsp3) is 0.211. The predicted molar refractivity (Wildman–Crippen MR) is 100.0 cm³/mol. The second kappa shape index (κ2) is 7.48. The van der Waals surface area contributed by atoms with Gasteiger partial charge in [-0.15, -0.1) is 0 Å². The molecule has 0 radical (unpaired) electrons. The minimum atomic E-state index is -1.24. The van der Waals surface area contributed by atoms with Crippen LogP contribution in [0, 0.1) is 5.82 Å². The molecule has 1 aliphatic rings. The molecule has 8 heteroatoms. The Hall–Kier alpha value is -2.74. The topological polar surface area (TPSA) is 78.5 Å². The summed E-state index contributed by atoms with van der Waals surface area (Å²) in [7, 11) is 0. The van der Waals surface area contributed by atoms with Gasteiger partial charge < -0.3 is 10.6 Å². The number of carbonyl (C=O) groups is 3. The summed E-state index contributed by atoms with van der Waals surface area (Å²) in [5.74, 6) is -1.35. The van der Waals surface area contributed by atoms with E-state index in [1.165, 1.54) is 12.1 Å². The van der Waals surface area contributed by atoms with Gasteiger partial charge in [0.2, 0.25) is 5.91 Å². The highest BCUT2D eigenvalue weighted by molar-refractivity contribution is 9.10. The molecule has 0 aromatic heterocycles. The minimum Gasteiger partial charge on any atom is -0.350 e. The maximum Gasteiger partial charge on any atom is 0.325 e. The number of nitrogens with zero attached hydrogens (tertiary/aromatic N) is 1. The number of halogens is 2. The Morgan fingerprint density at radius 3 is 2.59 bits per heavy atom. The van der Waals surface area contributed by atoms with Gasteiger partial charge in [-0.25, -0.2) is 9.18 Å². The Kier molecular flexibility index (Phi) is 5.27. The number of hydrogen-bond acceptors (Lipinski definition) is 3. The SMILES string of the molecule is C[C@@]1(c2cccc(Br)c2)NC(=O)N(CC(=O)NCc2ccc(F)cc2)C1=O. The molecule has 1 heterocycles. The van der Waals surface area contributed by atoms with Crippen molar-refractivity contribution in [3.8, 4) is 0 Å². The first-order chi connectivity index (χ1) is 12.8. The number of hydrogen-bond donors (Lipinski definition) is 2. The highest BCUT2D eigenvalue weighted by atomic mass is 79.9. The van der Waals surface area contributed by atoms with Crippen LogP contribution in [0.15, 0.2) is 53.0 Å². The van der Waals surface area contributed by atoms with E-state index in [2.05, 4.69) is 26.6 Å². The van der Waals surface area contributed by atoms with E-state index in [1.54, 1.807) is 37.3 Å². The molecule has 27 heavy (non-hydrogen) atoms. The Morgan fingerprint density at radius 1 is 1.22 bits per heavy atom. The quantitative estimate of drug-likeness (QED) is 0.711. The third kappa shape index (κ3) is 4.00. The van der Waals surface area contributed by atoms with Crippen molar-refractivity contribution >= 4 is 33.8 Å². The van der Waals surface area contributed by atoms with Gasteiger partial charge in [0.15, 0.2) is 0 Å².